The van der Waals surface area contributed by atoms with Crippen LogP contribution in [-0.2, 0) is 14.3 Å². The van der Waals surface area contributed by atoms with Gasteiger partial charge in [0.1, 0.15) is 5.75 Å². The van der Waals surface area contributed by atoms with Crippen LogP contribution in [-0.4, -0.2) is 45.2 Å². The molecule has 4 N–H and O–H groups in total. The second-order valence-corrected chi connectivity index (χ2v) is 4.25. The summed E-state index contributed by atoms with van der Waals surface area (Å²) in [6.45, 7) is 0.919. The second kappa shape index (κ2) is 9.73. The monoisotopic (exact) mass is 295 g/mol. The molecule has 0 aliphatic carbocycles. The van der Waals surface area contributed by atoms with E-state index in [0.717, 1.165) is 6.42 Å². The highest BCUT2D eigenvalue weighted by atomic mass is 16.5. The fraction of sp³-hybridized carbons (Fsp3) is 0.429. The van der Waals surface area contributed by atoms with E-state index in [1.165, 1.54) is 0 Å². The molecule has 1 aromatic carbocycles. The number of hydrogen-bond acceptors (Lipinski definition) is 5. The zero-order valence-electron chi connectivity index (χ0n) is 12.1. The Hall–Kier alpha value is -2.12. The zero-order chi connectivity index (χ0) is 15.5. The molecule has 0 heterocycles. The number of anilines is 1. The van der Waals surface area contributed by atoms with Gasteiger partial charge < -0.3 is 25.8 Å². The number of rotatable bonds is 9. The predicted molar refractivity (Wildman–Crippen MR) is 79.1 cm³/mol. The summed E-state index contributed by atoms with van der Waals surface area (Å²) in [5, 5.41) is 5.06. The summed E-state index contributed by atoms with van der Waals surface area (Å²) >= 11 is 0. The summed E-state index contributed by atoms with van der Waals surface area (Å²) in [4.78, 5) is 22.6. The molecule has 2 amide bonds. The van der Waals surface area contributed by atoms with E-state index in [4.69, 9.17) is 15.2 Å². The molecule has 0 spiro atoms. The molecule has 1 aromatic rings. The van der Waals surface area contributed by atoms with Gasteiger partial charge in [-0.2, -0.15) is 0 Å². The number of ether oxygens (including phenoxy) is 2. The first-order chi connectivity index (χ1) is 10.2. The first-order valence-corrected chi connectivity index (χ1v) is 6.64. The van der Waals surface area contributed by atoms with Gasteiger partial charge >= 0.3 is 0 Å². The van der Waals surface area contributed by atoms with Crippen LogP contribution < -0.4 is 21.1 Å². The molecule has 0 aromatic heterocycles. The Morgan fingerprint density at radius 2 is 2.05 bits per heavy atom. The number of nitrogens with two attached hydrogens (primary N) is 1. The third-order valence-corrected chi connectivity index (χ3v) is 2.51. The Morgan fingerprint density at radius 3 is 2.76 bits per heavy atom. The molecule has 116 valence electrons. The number of carbonyl (C=O) groups is 2. The molecule has 21 heavy (non-hydrogen) atoms. The Bertz CT molecular complexity index is 465. The van der Waals surface area contributed by atoms with Crippen LogP contribution >= 0.6 is 0 Å². The van der Waals surface area contributed by atoms with E-state index in [0.29, 0.717) is 24.7 Å². The van der Waals surface area contributed by atoms with E-state index < -0.39 is 0 Å². The smallest absolute Gasteiger partial charge is 0.243 e. The first kappa shape index (κ1) is 16.9. The minimum atomic E-state index is -0.375. The second-order valence-electron chi connectivity index (χ2n) is 4.25. The molecule has 0 radical (unpaired) electrons. The Labute approximate surface area is 123 Å². The Morgan fingerprint density at radius 1 is 1.24 bits per heavy atom. The number of hydrogen-bond donors (Lipinski definition) is 3. The van der Waals surface area contributed by atoms with E-state index >= 15 is 0 Å². The number of methoxy groups -OCH3 is 1. The molecule has 0 aliphatic rings. The SMILES string of the molecule is COCCCOc1cccc(NC(=O)CNC(=O)CN)c1. The van der Waals surface area contributed by atoms with Crippen molar-refractivity contribution in [2.75, 3.05) is 38.7 Å². The number of amides is 2. The van der Waals surface area contributed by atoms with Crippen molar-refractivity contribution in [2.45, 2.75) is 6.42 Å². The van der Waals surface area contributed by atoms with Crippen LogP contribution in [0.3, 0.4) is 0 Å². The fourth-order valence-corrected chi connectivity index (χ4v) is 1.51. The predicted octanol–water partition coefficient (Wildman–Crippen LogP) is 0.115. The summed E-state index contributed by atoms with van der Waals surface area (Å²) in [5.74, 6) is -0.0383. The van der Waals surface area contributed by atoms with Gasteiger partial charge in [0, 0.05) is 31.9 Å². The third-order valence-electron chi connectivity index (χ3n) is 2.51. The number of benzene rings is 1. The van der Waals surface area contributed by atoms with Gasteiger partial charge in [-0.05, 0) is 12.1 Å². The molecule has 0 aliphatic heterocycles. The van der Waals surface area contributed by atoms with Crippen LogP contribution in [0.25, 0.3) is 0 Å². The molecule has 0 saturated carbocycles. The van der Waals surface area contributed by atoms with Gasteiger partial charge in [0.25, 0.3) is 0 Å². The normalized spacial score (nSPS) is 10.0. The van der Waals surface area contributed by atoms with Crippen molar-refractivity contribution in [3.8, 4) is 5.75 Å². The molecule has 1 rings (SSSR count). The largest absolute Gasteiger partial charge is 0.493 e. The van der Waals surface area contributed by atoms with E-state index in [1.807, 2.05) is 0 Å². The van der Waals surface area contributed by atoms with E-state index in [2.05, 4.69) is 10.6 Å². The van der Waals surface area contributed by atoms with Gasteiger partial charge in [-0.15, -0.1) is 0 Å². The quantitative estimate of drug-likeness (QED) is 0.561. The molecule has 0 atom stereocenters. The van der Waals surface area contributed by atoms with Crippen LogP contribution in [0.15, 0.2) is 24.3 Å². The highest BCUT2D eigenvalue weighted by molar-refractivity contribution is 5.94. The fourth-order valence-electron chi connectivity index (χ4n) is 1.51. The molecular weight excluding hydrogens is 274 g/mol. The van der Waals surface area contributed by atoms with Crippen LogP contribution in [0.2, 0.25) is 0 Å². The number of nitrogens with one attached hydrogen (secondary N) is 2. The maximum Gasteiger partial charge on any atom is 0.243 e. The molecule has 0 bridgehead atoms. The molecule has 7 nitrogen and oxygen atoms in total. The lowest BCUT2D eigenvalue weighted by atomic mass is 10.3. The summed E-state index contributed by atoms with van der Waals surface area (Å²) in [6.07, 6.45) is 0.790. The maximum absolute atomic E-state index is 11.6. The van der Waals surface area contributed by atoms with Crippen molar-refractivity contribution >= 4 is 17.5 Å². The third kappa shape index (κ3) is 7.28. The molecule has 0 fully saturated rings. The standard InChI is InChI=1S/C14H21N3O4/c1-20-6-3-7-21-12-5-2-4-11(8-12)17-14(19)10-16-13(18)9-15/h2,4-5,8H,3,6-7,9-10,15H2,1H3,(H,16,18)(H,17,19). The summed E-state index contributed by atoms with van der Waals surface area (Å²) < 4.78 is 10.5. The summed E-state index contributed by atoms with van der Waals surface area (Å²) in [7, 11) is 1.64. The maximum atomic E-state index is 11.6. The highest BCUT2D eigenvalue weighted by Crippen LogP contribution is 2.17. The molecule has 0 unspecified atom stereocenters. The topological polar surface area (TPSA) is 103 Å². The van der Waals surface area contributed by atoms with Gasteiger partial charge in [0.15, 0.2) is 0 Å². The highest BCUT2D eigenvalue weighted by Gasteiger charge is 2.05. The van der Waals surface area contributed by atoms with Crippen molar-refractivity contribution in [3.05, 3.63) is 24.3 Å². The number of carbonyl (C=O) groups excluding carboxylic acids is 2. The van der Waals surface area contributed by atoms with Crippen molar-refractivity contribution in [1.29, 1.82) is 0 Å². The summed E-state index contributed by atoms with van der Waals surface area (Å²) in [5.41, 5.74) is 5.73. The lowest BCUT2D eigenvalue weighted by Crippen LogP contribution is -2.36. The van der Waals surface area contributed by atoms with Crippen molar-refractivity contribution < 1.29 is 19.1 Å². The Kier molecular flexibility index (Phi) is 7.85. The van der Waals surface area contributed by atoms with Crippen LogP contribution in [0.5, 0.6) is 5.75 Å². The van der Waals surface area contributed by atoms with E-state index in [-0.39, 0.29) is 24.9 Å². The van der Waals surface area contributed by atoms with Crippen molar-refractivity contribution in [1.82, 2.24) is 5.32 Å². The van der Waals surface area contributed by atoms with Crippen LogP contribution in [0, 0.1) is 0 Å². The van der Waals surface area contributed by atoms with Crippen LogP contribution in [0.4, 0.5) is 5.69 Å². The summed E-state index contributed by atoms with van der Waals surface area (Å²) in [6, 6.07) is 7.04. The van der Waals surface area contributed by atoms with Gasteiger partial charge in [-0.25, -0.2) is 0 Å². The van der Waals surface area contributed by atoms with Gasteiger partial charge in [0.2, 0.25) is 11.8 Å². The molecular formula is C14H21N3O4. The van der Waals surface area contributed by atoms with Gasteiger partial charge in [-0.3, -0.25) is 9.59 Å². The Balaban J connectivity index is 2.41. The average molecular weight is 295 g/mol. The average Bonchev–Trinajstić information content (AvgIpc) is 2.49. The van der Waals surface area contributed by atoms with Gasteiger partial charge in [0.05, 0.1) is 19.7 Å². The minimum Gasteiger partial charge on any atom is -0.493 e. The minimum absolute atomic E-state index is 0.116. The lowest BCUT2D eigenvalue weighted by Gasteiger charge is -2.09. The van der Waals surface area contributed by atoms with Crippen LogP contribution in [0.1, 0.15) is 6.42 Å². The van der Waals surface area contributed by atoms with E-state index in [1.54, 1.807) is 31.4 Å². The van der Waals surface area contributed by atoms with Gasteiger partial charge in [-0.1, -0.05) is 6.07 Å². The lowest BCUT2D eigenvalue weighted by molar-refractivity contribution is -0.123. The first-order valence-electron chi connectivity index (χ1n) is 6.64. The molecule has 7 heteroatoms. The zero-order valence-corrected chi connectivity index (χ0v) is 12.1. The molecule has 0 saturated heterocycles. The van der Waals surface area contributed by atoms with Crippen molar-refractivity contribution in [3.63, 3.8) is 0 Å². The van der Waals surface area contributed by atoms with Crippen molar-refractivity contribution in [2.24, 2.45) is 5.73 Å². The van der Waals surface area contributed by atoms with E-state index in [9.17, 15) is 9.59 Å².